The summed E-state index contributed by atoms with van der Waals surface area (Å²) in [6, 6.07) is 22.2. The van der Waals surface area contributed by atoms with E-state index < -0.39 is 6.04 Å². The first-order valence-electron chi connectivity index (χ1n) is 11.9. The van der Waals surface area contributed by atoms with Gasteiger partial charge in [-0.25, -0.2) is 0 Å². The van der Waals surface area contributed by atoms with E-state index in [1.807, 2.05) is 75.4 Å². The van der Waals surface area contributed by atoms with Crippen LogP contribution in [0.15, 0.2) is 72.8 Å². The van der Waals surface area contributed by atoms with Crippen molar-refractivity contribution in [2.75, 3.05) is 0 Å². The molecule has 35 heavy (non-hydrogen) atoms. The van der Waals surface area contributed by atoms with Crippen LogP contribution in [0, 0.1) is 6.92 Å². The minimum atomic E-state index is -0.675. The monoisotopic (exact) mass is 510 g/mol. The molecular weight excluding hydrogens is 479 g/mol. The van der Waals surface area contributed by atoms with Crippen LogP contribution in [0.1, 0.15) is 42.5 Å². The van der Waals surface area contributed by atoms with E-state index in [4.69, 9.17) is 23.2 Å². The highest BCUT2D eigenvalue weighted by Crippen LogP contribution is 2.23. The molecule has 0 radical (unpaired) electrons. The van der Waals surface area contributed by atoms with Crippen LogP contribution >= 0.6 is 23.2 Å². The number of hydrogen-bond acceptors (Lipinski definition) is 2. The van der Waals surface area contributed by atoms with Gasteiger partial charge in [0.2, 0.25) is 11.8 Å². The van der Waals surface area contributed by atoms with Crippen LogP contribution in [0.25, 0.3) is 0 Å². The second-order valence-electron chi connectivity index (χ2n) is 8.95. The van der Waals surface area contributed by atoms with E-state index >= 15 is 0 Å². The van der Waals surface area contributed by atoms with Crippen LogP contribution in [0.2, 0.25) is 10.0 Å². The largest absolute Gasteiger partial charge is 0.352 e. The number of carbonyl (C=O) groups is 2. The van der Waals surface area contributed by atoms with Gasteiger partial charge in [0.05, 0.1) is 6.42 Å². The van der Waals surface area contributed by atoms with E-state index in [0.717, 1.165) is 23.1 Å². The average Bonchev–Trinajstić information content (AvgIpc) is 2.83. The summed E-state index contributed by atoms with van der Waals surface area (Å²) in [5.74, 6) is -0.331. The fraction of sp³-hybridized carbons (Fsp3) is 0.310. The van der Waals surface area contributed by atoms with Gasteiger partial charge in [-0.2, -0.15) is 0 Å². The molecule has 0 bridgehead atoms. The Bertz CT molecular complexity index is 1150. The van der Waals surface area contributed by atoms with Crippen molar-refractivity contribution in [2.45, 2.75) is 58.7 Å². The summed E-state index contributed by atoms with van der Waals surface area (Å²) >= 11 is 12.4. The maximum Gasteiger partial charge on any atom is 0.243 e. The average molecular weight is 511 g/mol. The number of nitrogens with one attached hydrogen (secondary N) is 1. The molecule has 0 heterocycles. The third-order valence-corrected chi connectivity index (χ3v) is 6.65. The van der Waals surface area contributed by atoms with Crippen molar-refractivity contribution in [1.29, 1.82) is 0 Å². The minimum Gasteiger partial charge on any atom is -0.352 e. The molecule has 184 valence electrons. The van der Waals surface area contributed by atoms with Gasteiger partial charge in [-0.1, -0.05) is 96.4 Å². The number of nitrogens with zero attached hydrogens (tertiary/aromatic N) is 1. The Labute approximate surface area is 218 Å². The van der Waals surface area contributed by atoms with Gasteiger partial charge in [-0.05, 0) is 49.1 Å². The number of aryl methyl sites for hydroxylation is 1. The SMILES string of the molecule is CC[C@H](C)NC(=O)[C@H](Cc1ccccc1)N(Cc1cccc(C)c1)C(=O)Cc1ccc(Cl)cc1Cl. The molecule has 0 saturated carbocycles. The molecule has 6 heteroatoms. The van der Waals surface area contributed by atoms with Crippen LogP contribution < -0.4 is 5.32 Å². The predicted molar refractivity (Wildman–Crippen MR) is 144 cm³/mol. The molecule has 3 rings (SSSR count). The quantitative estimate of drug-likeness (QED) is 0.343. The van der Waals surface area contributed by atoms with Crippen molar-refractivity contribution in [2.24, 2.45) is 0 Å². The molecule has 0 aliphatic rings. The van der Waals surface area contributed by atoms with Crippen LogP contribution in [0.5, 0.6) is 0 Å². The lowest BCUT2D eigenvalue weighted by Gasteiger charge is -2.32. The van der Waals surface area contributed by atoms with Gasteiger partial charge < -0.3 is 10.2 Å². The summed E-state index contributed by atoms with van der Waals surface area (Å²) in [5.41, 5.74) is 3.73. The Kier molecular flexibility index (Phi) is 9.76. The number of hydrogen-bond donors (Lipinski definition) is 1. The summed E-state index contributed by atoms with van der Waals surface area (Å²) in [5, 5.41) is 4.04. The van der Waals surface area contributed by atoms with Crippen molar-refractivity contribution in [3.63, 3.8) is 0 Å². The van der Waals surface area contributed by atoms with Gasteiger partial charge >= 0.3 is 0 Å². The molecule has 0 unspecified atom stereocenters. The summed E-state index contributed by atoms with van der Waals surface area (Å²) in [7, 11) is 0. The normalized spacial score (nSPS) is 12.6. The fourth-order valence-electron chi connectivity index (χ4n) is 3.93. The summed E-state index contributed by atoms with van der Waals surface area (Å²) in [6.45, 7) is 6.32. The highest BCUT2D eigenvalue weighted by atomic mass is 35.5. The van der Waals surface area contributed by atoms with Crippen LogP contribution in [-0.4, -0.2) is 28.8 Å². The minimum absolute atomic E-state index is 0.00223. The van der Waals surface area contributed by atoms with Gasteiger partial charge in [0.1, 0.15) is 6.04 Å². The van der Waals surface area contributed by atoms with Crippen LogP contribution in [-0.2, 0) is 29.0 Å². The van der Waals surface area contributed by atoms with E-state index in [9.17, 15) is 9.59 Å². The van der Waals surface area contributed by atoms with Crippen LogP contribution in [0.4, 0.5) is 0 Å². The molecule has 2 atom stereocenters. The Morgan fingerprint density at radius 1 is 0.943 bits per heavy atom. The van der Waals surface area contributed by atoms with Crippen LogP contribution in [0.3, 0.4) is 0 Å². The predicted octanol–water partition coefficient (Wildman–Crippen LogP) is 6.40. The number of amides is 2. The van der Waals surface area contributed by atoms with Gasteiger partial charge in [-0.15, -0.1) is 0 Å². The Morgan fingerprint density at radius 3 is 2.31 bits per heavy atom. The second-order valence-corrected chi connectivity index (χ2v) is 9.79. The first-order valence-corrected chi connectivity index (χ1v) is 12.7. The zero-order valence-corrected chi connectivity index (χ0v) is 21.9. The molecule has 4 nitrogen and oxygen atoms in total. The molecule has 0 aliphatic carbocycles. The second kappa shape index (κ2) is 12.8. The first kappa shape index (κ1) is 26.8. The lowest BCUT2D eigenvalue weighted by atomic mass is 10.0. The van der Waals surface area contributed by atoms with Crippen molar-refractivity contribution in [3.05, 3.63) is 105 Å². The molecule has 3 aromatic carbocycles. The van der Waals surface area contributed by atoms with E-state index in [-0.39, 0.29) is 24.3 Å². The molecule has 0 fully saturated rings. The third-order valence-electron chi connectivity index (χ3n) is 6.06. The van der Waals surface area contributed by atoms with Gasteiger partial charge in [0, 0.05) is 29.1 Å². The summed E-state index contributed by atoms with van der Waals surface area (Å²) in [4.78, 5) is 29.0. The molecule has 3 aromatic rings. The highest BCUT2D eigenvalue weighted by Gasteiger charge is 2.31. The molecule has 0 saturated heterocycles. The molecule has 0 aromatic heterocycles. The lowest BCUT2D eigenvalue weighted by Crippen LogP contribution is -2.52. The Balaban J connectivity index is 1.99. The molecular formula is C29H32Cl2N2O2. The molecule has 0 spiro atoms. The zero-order valence-electron chi connectivity index (χ0n) is 20.4. The zero-order chi connectivity index (χ0) is 25.4. The Morgan fingerprint density at radius 2 is 1.66 bits per heavy atom. The summed E-state index contributed by atoms with van der Waals surface area (Å²) < 4.78 is 0. The standard InChI is InChI=1S/C29H32Cl2N2O2/c1-4-21(3)32-29(35)27(16-22-10-6-5-7-11-22)33(19-23-12-8-9-20(2)15-23)28(34)17-24-13-14-25(30)18-26(24)31/h5-15,18,21,27H,4,16-17,19H2,1-3H3,(H,32,35)/t21-,27-/m0/s1. The van der Waals surface area contributed by atoms with Crippen molar-refractivity contribution >= 4 is 35.0 Å². The number of benzene rings is 3. The number of halogens is 2. The fourth-order valence-corrected chi connectivity index (χ4v) is 4.41. The van der Waals surface area contributed by atoms with Gasteiger partial charge in [0.25, 0.3) is 0 Å². The molecule has 0 aliphatic heterocycles. The maximum absolute atomic E-state index is 13.8. The van der Waals surface area contributed by atoms with Crippen molar-refractivity contribution < 1.29 is 9.59 Å². The summed E-state index contributed by atoms with van der Waals surface area (Å²) in [6.07, 6.45) is 1.29. The topological polar surface area (TPSA) is 49.4 Å². The highest BCUT2D eigenvalue weighted by molar-refractivity contribution is 6.35. The van der Waals surface area contributed by atoms with Gasteiger partial charge in [0.15, 0.2) is 0 Å². The van der Waals surface area contributed by atoms with Gasteiger partial charge in [-0.3, -0.25) is 9.59 Å². The Hall–Kier alpha value is -2.82. The van der Waals surface area contributed by atoms with E-state index in [1.165, 1.54) is 0 Å². The van der Waals surface area contributed by atoms with E-state index in [0.29, 0.717) is 28.6 Å². The van der Waals surface area contributed by atoms with E-state index in [2.05, 4.69) is 5.32 Å². The number of carbonyl (C=O) groups excluding carboxylic acids is 2. The first-order chi connectivity index (χ1) is 16.8. The lowest BCUT2D eigenvalue weighted by molar-refractivity contribution is -0.141. The number of rotatable bonds is 10. The van der Waals surface area contributed by atoms with E-state index in [1.54, 1.807) is 23.1 Å². The van der Waals surface area contributed by atoms with Crippen molar-refractivity contribution in [3.8, 4) is 0 Å². The molecule has 1 N–H and O–H groups in total. The third kappa shape index (κ3) is 7.84. The smallest absolute Gasteiger partial charge is 0.243 e. The molecule has 2 amide bonds. The maximum atomic E-state index is 13.8. The van der Waals surface area contributed by atoms with Crippen molar-refractivity contribution in [1.82, 2.24) is 10.2 Å².